The molecular formula is C16H29N5O6. The van der Waals surface area contributed by atoms with Gasteiger partial charge in [-0.25, -0.2) is 9.59 Å². The summed E-state index contributed by atoms with van der Waals surface area (Å²) in [5.41, 5.74) is 2.84. The first kappa shape index (κ1) is 21.0. The Morgan fingerprint density at radius 2 is 2.04 bits per heavy atom. The first-order valence-electron chi connectivity index (χ1n) is 9.09. The van der Waals surface area contributed by atoms with Gasteiger partial charge in [0.1, 0.15) is 0 Å². The van der Waals surface area contributed by atoms with Crippen LogP contribution in [-0.2, 0) is 9.53 Å². The molecule has 0 spiro atoms. The number of hydrogen-bond donors (Lipinski definition) is 6. The number of aliphatic hydroxyl groups is 2. The summed E-state index contributed by atoms with van der Waals surface area (Å²) in [5, 5.41) is 37.4. The molecule has 0 aromatic rings. The van der Waals surface area contributed by atoms with E-state index in [2.05, 4.69) is 21.2 Å². The van der Waals surface area contributed by atoms with E-state index in [1.807, 2.05) is 18.7 Å². The molecule has 5 atom stereocenters. The highest BCUT2D eigenvalue weighted by molar-refractivity contribution is 5.83. The molecule has 27 heavy (non-hydrogen) atoms. The number of nitrogens with zero attached hydrogens (tertiary/aromatic N) is 2. The monoisotopic (exact) mass is 387 g/mol. The number of carboxylic acid groups (broad SMARTS) is 1. The van der Waals surface area contributed by atoms with Crippen molar-refractivity contribution < 1.29 is 29.6 Å². The average molecular weight is 387 g/mol. The second-order valence-electron chi connectivity index (χ2n) is 7.25. The topological polar surface area (TPSA) is 156 Å². The first-order chi connectivity index (χ1) is 12.7. The predicted molar refractivity (Wildman–Crippen MR) is 95.7 cm³/mol. The molecule has 2 aliphatic heterocycles. The van der Waals surface area contributed by atoms with Gasteiger partial charge in [0.2, 0.25) is 6.23 Å². The molecule has 2 heterocycles. The standard InChI is InChI=1S/C16H29N5O6/c1-8(2)11(17-15(26)18-12(9(3)22)14(24)25)13-19-20-16(27-13)21-6-4-5-10(23)7-21/h8-13,19,22-23H,4-7H2,1-3H3,(H,24,25)(H2,17,18,26)/t9?,10-,11+,12+,13?/m1/s1. The van der Waals surface area contributed by atoms with Crippen LogP contribution in [0.4, 0.5) is 4.79 Å². The molecule has 2 rings (SSSR count). The highest BCUT2D eigenvalue weighted by atomic mass is 16.5. The zero-order valence-electron chi connectivity index (χ0n) is 15.8. The van der Waals surface area contributed by atoms with E-state index in [0.717, 1.165) is 19.4 Å². The van der Waals surface area contributed by atoms with Crippen LogP contribution in [0.15, 0.2) is 5.10 Å². The van der Waals surface area contributed by atoms with Crippen molar-refractivity contribution in [1.82, 2.24) is 21.0 Å². The summed E-state index contributed by atoms with van der Waals surface area (Å²) in [6.45, 7) is 6.19. The molecule has 0 radical (unpaired) electrons. The highest BCUT2D eigenvalue weighted by Crippen LogP contribution is 2.17. The molecule has 0 saturated carbocycles. The maximum Gasteiger partial charge on any atom is 0.328 e. The SMILES string of the molecule is CC(C)[C@H](NC(=O)N[C@H](C(=O)O)C(C)O)C1NN=C(N2CCC[C@@H](O)C2)O1. The Balaban J connectivity index is 1.94. The number of likely N-dealkylation sites (tertiary alicyclic amines) is 1. The fourth-order valence-electron chi connectivity index (χ4n) is 3.03. The molecule has 2 unspecified atom stereocenters. The second kappa shape index (κ2) is 9.09. The summed E-state index contributed by atoms with van der Waals surface area (Å²) >= 11 is 0. The fraction of sp³-hybridized carbons (Fsp3) is 0.812. The third-order valence-electron chi connectivity index (χ3n) is 4.56. The van der Waals surface area contributed by atoms with E-state index in [1.54, 1.807) is 0 Å². The van der Waals surface area contributed by atoms with Crippen LogP contribution < -0.4 is 16.1 Å². The molecule has 0 bridgehead atoms. The number of hydrazone groups is 1. The molecule has 6 N–H and O–H groups in total. The summed E-state index contributed by atoms with van der Waals surface area (Å²) in [7, 11) is 0. The van der Waals surface area contributed by atoms with Gasteiger partial charge in [0, 0.05) is 13.1 Å². The second-order valence-corrected chi connectivity index (χ2v) is 7.25. The maximum absolute atomic E-state index is 12.2. The Morgan fingerprint density at radius 3 is 2.59 bits per heavy atom. The summed E-state index contributed by atoms with van der Waals surface area (Å²) in [6, 6.07) is -2.30. The van der Waals surface area contributed by atoms with Gasteiger partial charge in [-0.3, -0.25) is 5.43 Å². The molecule has 11 nitrogen and oxygen atoms in total. The van der Waals surface area contributed by atoms with E-state index in [1.165, 1.54) is 6.92 Å². The Bertz CT molecular complexity index is 570. The van der Waals surface area contributed by atoms with Crippen molar-refractivity contribution in [2.45, 2.75) is 64.1 Å². The number of β-amino-alcohol motifs (C(OH)–C–C–N with tert-alkyl or cyclic N) is 1. The van der Waals surface area contributed by atoms with Crippen LogP contribution in [0.2, 0.25) is 0 Å². The highest BCUT2D eigenvalue weighted by Gasteiger charge is 2.36. The average Bonchev–Trinajstić information content (AvgIpc) is 3.06. The largest absolute Gasteiger partial charge is 0.480 e. The Kier molecular flexibility index (Phi) is 7.08. The smallest absolute Gasteiger partial charge is 0.328 e. The number of aliphatic carboxylic acids is 1. The third kappa shape index (κ3) is 5.60. The number of amidine groups is 1. The Hall–Kier alpha value is -2.27. The van der Waals surface area contributed by atoms with Crippen molar-refractivity contribution in [3.8, 4) is 0 Å². The number of nitrogens with one attached hydrogen (secondary N) is 3. The number of rotatable bonds is 6. The predicted octanol–water partition coefficient (Wildman–Crippen LogP) is -1.18. The lowest BCUT2D eigenvalue weighted by atomic mass is 10.0. The third-order valence-corrected chi connectivity index (χ3v) is 4.56. The molecule has 11 heteroatoms. The van der Waals surface area contributed by atoms with Gasteiger partial charge in [-0.15, -0.1) is 5.10 Å². The van der Waals surface area contributed by atoms with E-state index < -0.39 is 42.5 Å². The molecule has 154 valence electrons. The molecule has 2 amide bonds. The van der Waals surface area contributed by atoms with E-state index in [-0.39, 0.29) is 5.92 Å². The van der Waals surface area contributed by atoms with Gasteiger partial charge in [0.15, 0.2) is 6.04 Å². The van der Waals surface area contributed by atoms with E-state index in [4.69, 9.17) is 9.84 Å². The number of amides is 2. The maximum atomic E-state index is 12.2. The van der Waals surface area contributed by atoms with Crippen molar-refractivity contribution >= 4 is 18.0 Å². The van der Waals surface area contributed by atoms with Crippen LogP contribution in [0.1, 0.15) is 33.6 Å². The van der Waals surface area contributed by atoms with E-state index in [9.17, 15) is 19.8 Å². The van der Waals surface area contributed by atoms with Crippen molar-refractivity contribution in [1.29, 1.82) is 0 Å². The van der Waals surface area contributed by atoms with Gasteiger partial charge in [0.25, 0.3) is 0 Å². The summed E-state index contributed by atoms with van der Waals surface area (Å²) in [4.78, 5) is 25.2. The number of carbonyl (C=O) groups excluding carboxylic acids is 1. The minimum Gasteiger partial charge on any atom is -0.480 e. The minimum atomic E-state index is -1.42. The van der Waals surface area contributed by atoms with Crippen LogP contribution >= 0.6 is 0 Å². The molecule has 1 fully saturated rings. The zero-order chi connectivity index (χ0) is 20.1. The Morgan fingerprint density at radius 1 is 1.33 bits per heavy atom. The number of carboxylic acids is 1. The lowest BCUT2D eigenvalue weighted by Gasteiger charge is -2.32. The Labute approximate surface area is 157 Å². The van der Waals surface area contributed by atoms with Gasteiger partial charge in [0.05, 0.1) is 18.2 Å². The number of hydrogen-bond acceptors (Lipinski definition) is 8. The zero-order valence-corrected chi connectivity index (χ0v) is 15.8. The van der Waals surface area contributed by atoms with Gasteiger partial charge < -0.3 is 35.6 Å². The molecule has 0 aromatic carbocycles. The number of carbonyl (C=O) groups is 2. The van der Waals surface area contributed by atoms with E-state index in [0.29, 0.717) is 12.6 Å². The molecule has 0 aliphatic carbocycles. The molecular weight excluding hydrogens is 358 g/mol. The fourth-order valence-corrected chi connectivity index (χ4v) is 3.03. The van der Waals surface area contributed by atoms with Crippen LogP contribution in [0.3, 0.4) is 0 Å². The van der Waals surface area contributed by atoms with Gasteiger partial charge in [-0.1, -0.05) is 13.8 Å². The van der Waals surface area contributed by atoms with Crippen molar-refractivity contribution in [2.75, 3.05) is 13.1 Å². The van der Waals surface area contributed by atoms with Crippen LogP contribution in [0.5, 0.6) is 0 Å². The molecule has 1 saturated heterocycles. The quantitative estimate of drug-likeness (QED) is 0.333. The summed E-state index contributed by atoms with van der Waals surface area (Å²) < 4.78 is 5.82. The van der Waals surface area contributed by atoms with Crippen LogP contribution in [-0.4, -0.2) is 81.9 Å². The molecule has 2 aliphatic rings. The van der Waals surface area contributed by atoms with Gasteiger partial charge in [-0.05, 0) is 25.7 Å². The molecule has 0 aromatic heterocycles. The number of ether oxygens (including phenoxy) is 1. The van der Waals surface area contributed by atoms with Crippen LogP contribution in [0.25, 0.3) is 0 Å². The first-order valence-corrected chi connectivity index (χ1v) is 9.09. The van der Waals surface area contributed by atoms with Crippen LogP contribution in [0, 0.1) is 5.92 Å². The normalized spacial score (nSPS) is 25.7. The lowest BCUT2D eigenvalue weighted by molar-refractivity contribution is -0.141. The van der Waals surface area contributed by atoms with E-state index >= 15 is 0 Å². The summed E-state index contributed by atoms with van der Waals surface area (Å²) in [6.07, 6.45) is -0.738. The number of aliphatic hydroxyl groups excluding tert-OH is 2. The van der Waals surface area contributed by atoms with Crippen molar-refractivity contribution in [3.63, 3.8) is 0 Å². The van der Waals surface area contributed by atoms with Crippen molar-refractivity contribution in [2.24, 2.45) is 11.0 Å². The lowest BCUT2D eigenvalue weighted by Crippen LogP contribution is -2.58. The summed E-state index contributed by atoms with van der Waals surface area (Å²) in [5.74, 6) is -1.38. The minimum absolute atomic E-state index is 0.0513. The van der Waals surface area contributed by atoms with Gasteiger partial charge in [-0.2, -0.15) is 0 Å². The van der Waals surface area contributed by atoms with Gasteiger partial charge >= 0.3 is 18.0 Å². The number of urea groups is 1. The number of piperidine rings is 1. The van der Waals surface area contributed by atoms with Crippen molar-refractivity contribution in [3.05, 3.63) is 0 Å².